The highest BCUT2D eigenvalue weighted by atomic mass is 19.1. The second kappa shape index (κ2) is 6.74. The molecule has 0 bridgehead atoms. The minimum Gasteiger partial charge on any atom is -0.365 e. The van der Waals surface area contributed by atoms with Crippen LogP contribution in [0.1, 0.15) is 36.2 Å². The van der Waals surface area contributed by atoms with Crippen molar-refractivity contribution in [2.24, 2.45) is 23.3 Å². The van der Waals surface area contributed by atoms with Gasteiger partial charge in [-0.25, -0.2) is 9.37 Å². The molecule has 1 aliphatic carbocycles. The molecule has 1 aromatic heterocycles. The Labute approximate surface area is 164 Å². The molecule has 5 N–H and O–H groups in total. The monoisotopic (exact) mass is 383 g/mol. The van der Waals surface area contributed by atoms with Crippen molar-refractivity contribution in [1.29, 1.82) is 0 Å². The van der Waals surface area contributed by atoms with Crippen LogP contribution in [-0.2, 0) is 0 Å². The van der Waals surface area contributed by atoms with Gasteiger partial charge in [-0.05, 0) is 43.5 Å². The molecule has 0 radical (unpaired) electrons. The number of fused-ring (bicyclic) bond motifs is 1. The molecule has 148 valence electrons. The smallest absolute Gasteiger partial charge is 0.252 e. The van der Waals surface area contributed by atoms with Crippen LogP contribution in [0.5, 0.6) is 0 Å². The Morgan fingerprint density at radius 1 is 1.36 bits per heavy atom. The Bertz CT molecular complexity index is 921. The lowest BCUT2D eigenvalue weighted by atomic mass is 9.91. The summed E-state index contributed by atoms with van der Waals surface area (Å²) in [5, 5.41) is 3.11. The highest BCUT2D eigenvalue weighted by Crippen LogP contribution is 2.63. The van der Waals surface area contributed by atoms with E-state index in [1.54, 1.807) is 0 Å². The summed E-state index contributed by atoms with van der Waals surface area (Å²) in [5.41, 5.74) is 13.4. The number of nitrogens with two attached hydrogens (primary N) is 2. The third-order valence-electron chi connectivity index (χ3n) is 5.94. The van der Waals surface area contributed by atoms with Gasteiger partial charge in [0.25, 0.3) is 5.91 Å². The fourth-order valence-electron chi connectivity index (χ4n) is 4.43. The third kappa shape index (κ3) is 3.09. The lowest BCUT2D eigenvalue weighted by molar-refractivity contribution is 0.100. The van der Waals surface area contributed by atoms with Crippen molar-refractivity contribution in [1.82, 2.24) is 4.98 Å². The molecule has 1 amide bonds. The van der Waals surface area contributed by atoms with E-state index < -0.39 is 11.7 Å². The average Bonchev–Trinajstić information content (AvgIpc) is 3.52. The molecule has 4 rings (SSSR count). The summed E-state index contributed by atoms with van der Waals surface area (Å²) in [5.74, 6) is 0.232. The lowest BCUT2D eigenvalue weighted by Gasteiger charge is -2.26. The number of nitrogens with zero attached hydrogens (tertiary/aromatic N) is 2. The fourth-order valence-corrected chi connectivity index (χ4v) is 4.43. The number of carbonyl (C=O) groups is 1. The number of aryl methyl sites for hydroxylation is 1. The van der Waals surface area contributed by atoms with Crippen LogP contribution in [0.3, 0.4) is 0 Å². The Hall–Kier alpha value is -2.67. The van der Waals surface area contributed by atoms with E-state index in [9.17, 15) is 9.18 Å². The quantitative estimate of drug-likeness (QED) is 0.639. The molecule has 1 saturated heterocycles. The number of pyridine rings is 1. The molecule has 2 heterocycles. The molecule has 2 fully saturated rings. The van der Waals surface area contributed by atoms with Crippen molar-refractivity contribution >= 4 is 23.2 Å². The molecule has 1 aromatic carbocycles. The van der Waals surface area contributed by atoms with Gasteiger partial charge in [-0.3, -0.25) is 4.79 Å². The van der Waals surface area contributed by atoms with Gasteiger partial charge < -0.3 is 21.7 Å². The number of aromatic nitrogens is 1. The SMILES string of the molecule is CCC(C1C2C1N2c1nc(Nc2cccc(C)c2)c(C(N)=O)cc1F)[C@H](C)N. The summed E-state index contributed by atoms with van der Waals surface area (Å²) >= 11 is 0. The van der Waals surface area contributed by atoms with E-state index in [0.717, 1.165) is 17.7 Å². The van der Waals surface area contributed by atoms with Crippen LogP contribution in [0, 0.1) is 24.6 Å². The van der Waals surface area contributed by atoms with Gasteiger partial charge in [-0.15, -0.1) is 0 Å². The number of amides is 1. The van der Waals surface area contributed by atoms with E-state index in [1.807, 2.05) is 43.0 Å². The summed E-state index contributed by atoms with van der Waals surface area (Å²) in [6.07, 6.45) is 1.01. The topological polar surface area (TPSA) is 97.0 Å². The van der Waals surface area contributed by atoms with Crippen molar-refractivity contribution in [3.63, 3.8) is 0 Å². The van der Waals surface area contributed by atoms with Crippen molar-refractivity contribution < 1.29 is 9.18 Å². The first-order valence-corrected chi connectivity index (χ1v) is 9.71. The van der Waals surface area contributed by atoms with E-state index in [-0.39, 0.29) is 23.2 Å². The predicted octanol–water partition coefficient (Wildman–Crippen LogP) is 2.93. The van der Waals surface area contributed by atoms with Crippen LogP contribution in [0.15, 0.2) is 30.3 Å². The van der Waals surface area contributed by atoms with E-state index in [2.05, 4.69) is 17.2 Å². The number of carbonyl (C=O) groups excluding carboxylic acids is 1. The zero-order chi connectivity index (χ0) is 20.2. The zero-order valence-corrected chi connectivity index (χ0v) is 16.3. The molecular weight excluding hydrogens is 357 g/mol. The number of nitrogens with one attached hydrogen (secondary N) is 1. The van der Waals surface area contributed by atoms with Gasteiger partial charge in [0.1, 0.15) is 5.82 Å². The number of anilines is 3. The van der Waals surface area contributed by atoms with Crippen molar-refractivity contribution in [3.8, 4) is 0 Å². The molecule has 4 atom stereocenters. The second-order valence-corrected chi connectivity index (χ2v) is 7.95. The largest absolute Gasteiger partial charge is 0.365 e. The van der Waals surface area contributed by atoms with Crippen molar-refractivity contribution in [2.75, 3.05) is 10.2 Å². The molecular formula is C21H26FN5O. The van der Waals surface area contributed by atoms with Crippen molar-refractivity contribution in [2.45, 2.75) is 45.3 Å². The number of hydrogen-bond donors (Lipinski definition) is 3. The highest BCUT2D eigenvalue weighted by molar-refractivity contribution is 5.98. The summed E-state index contributed by atoms with van der Waals surface area (Å²) in [7, 11) is 0. The van der Waals surface area contributed by atoms with E-state index in [4.69, 9.17) is 11.5 Å². The first-order chi connectivity index (χ1) is 13.3. The first-order valence-electron chi connectivity index (χ1n) is 9.71. The van der Waals surface area contributed by atoms with Crippen LogP contribution >= 0.6 is 0 Å². The van der Waals surface area contributed by atoms with Gasteiger partial charge >= 0.3 is 0 Å². The Morgan fingerprint density at radius 3 is 2.64 bits per heavy atom. The highest BCUT2D eigenvalue weighted by Gasteiger charge is 2.75. The molecule has 6 nitrogen and oxygen atoms in total. The maximum atomic E-state index is 14.7. The van der Waals surface area contributed by atoms with Crippen molar-refractivity contribution in [3.05, 3.63) is 47.3 Å². The minimum absolute atomic E-state index is 0.0387. The number of hydrogen-bond acceptors (Lipinski definition) is 5. The van der Waals surface area contributed by atoms with Gasteiger partial charge in [0.2, 0.25) is 0 Å². The van der Waals surface area contributed by atoms with Crippen LogP contribution in [0.4, 0.5) is 21.7 Å². The summed E-state index contributed by atoms with van der Waals surface area (Å²) in [6, 6.07) is 9.55. The molecule has 0 spiro atoms. The zero-order valence-electron chi connectivity index (χ0n) is 16.3. The summed E-state index contributed by atoms with van der Waals surface area (Å²) in [6.45, 7) is 6.14. The van der Waals surface area contributed by atoms with E-state index in [0.29, 0.717) is 23.9 Å². The second-order valence-electron chi connectivity index (χ2n) is 7.95. The predicted molar refractivity (Wildman–Crippen MR) is 108 cm³/mol. The number of rotatable bonds is 7. The first kappa shape index (κ1) is 18.7. The van der Waals surface area contributed by atoms with Gasteiger partial charge in [0.05, 0.1) is 17.6 Å². The maximum absolute atomic E-state index is 14.7. The normalized spacial score (nSPS) is 24.3. The summed E-state index contributed by atoms with van der Waals surface area (Å²) in [4.78, 5) is 18.2. The Balaban J connectivity index is 1.60. The number of primary amides is 1. The molecule has 3 unspecified atom stereocenters. The Morgan fingerprint density at radius 2 is 2.07 bits per heavy atom. The third-order valence-corrected chi connectivity index (χ3v) is 5.94. The summed E-state index contributed by atoms with van der Waals surface area (Å²) < 4.78 is 14.7. The molecule has 1 aliphatic heterocycles. The molecule has 2 aromatic rings. The van der Waals surface area contributed by atoms with E-state index >= 15 is 0 Å². The van der Waals surface area contributed by atoms with Crippen LogP contribution in [-0.4, -0.2) is 29.0 Å². The standard InChI is InChI=1S/C21H26FN5O/c1-4-13(11(3)23)16-17-18(16)27(17)21-15(22)9-14(19(24)28)20(26-21)25-12-7-5-6-10(2)8-12/h5-9,11,13,16-18H,4,23H2,1-3H3,(H2,24,28)(H,25,26)/t11-,13?,16?,17?,18?,27?/m0/s1. The van der Waals surface area contributed by atoms with E-state index in [1.165, 1.54) is 6.07 Å². The van der Waals surface area contributed by atoms with Crippen LogP contribution in [0.25, 0.3) is 0 Å². The Kier molecular flexibility index (Phi) is 4.50. The van der Waals surface area contributed by atoms with Gasteiger partial charge in [-0.1, -0.05) is 25.5 Å². The maximum Gasteiger partial charge on any atom is 0.252 e. The molecule has 1 saturated carbocycles. The van der Waals surface area contributed by atoms with Gasteiger partial charge in [0, 0.05) is 17.6 Å². The minimum atomic E-state index is -0.718. The van der Waals surface area contributed by atoms with Crippen LogP contribution in [0.2, 0.25) is 0 Å². The fraction of sp³-hybridized carbons (Fsp3) is 0.429. The van der Waals surface area contributed by atoms with Gasteiger partial charge in [0.15, 0.2) is 11.6 Å². The number of halogens is 1. The average molecular weight is 383 g/mol. The molecule has 7 heteroatoms. The molecule has 28 heavy (non-hydrogen) atoms. The number of benzene rings is 1. The molecule has 2 aliphatic rings. The lowest BCUT2D eigenvalue weighted by Crippen LogP contribution is -2.35. The van der Waals surface area contributed by atoms with Gasteiger partial charge in [-0.2, -0.15) is 0 Å². The van der Waals surface area contributed by atoms with Crippen LogP contribution < -0.4 is 21.7 Å².